The maximum Gasteiger partial charge on any atom is 0.271 e. The third kappa shape index (κ3) is 2.93. The molecular weight excluding hydrogens is 360 g/mol. The average molecular weight is 382 g/mol. The van der Waals surface area contributed by atoms with Gasteiger partial charge in [-0.1, -0.05) is 13.8 Å². The number of hydrogen-bond donors (Lipinski definition) is 2. The van der Waals surface area contributed by atoms with E-state index in [-0.39, 0.29) is 28.7 Å². The van der Waals surface area contributed by atoms with Crippen LogP contribution in [0, 0.1) is 5.41 Å². The summed E-state index contributed by atoms with van der Waals surface area (Å²) in [5, 5.41) is 0. The van der Waals surface area contributed by atoms with Crippen LogP contribution >= 0.6 is 0 Å². The maximum atomic E-state index is 13.4. The molecule has 1 unspecified atom stereocenters. The van der Waals surface area contributed by atoms with Crippen LogP contribution in [0.5, 0.6) is 0 Å². The monoisotopic (exact) mass is 382 g/mol. The van der Waals surface area contributed by atoms with Gasteiger partial charge in [-0.2, -0.15) is 0 Å². The number of piperidine rings is 1. The van der Waals surface area contributed by atoms with Gasteiger partial charge in [-0.25, -0.2) is 9.97 Å². The van der Waals surface area contributed by atoms with Gasteiger partial charge >= 0.3 is 0 Å². The molecule has 28 heavy (non-hydrogen) atoms. The molecule has 9 nitrogen and oxygen atoms in total. The van der Waals surface area contributed by atoms with Crippen molar-refractivity contribution in [2.75, 3.05) is 13.1 Å². The van der Waals surface area contributed by atoms with Gasteiger partial charge in [-0.05, 0) is 30.0 Å². The van der Waals surface area contributed by atoms with E-state index in [4.69, 9.17) is 15.9 Å². The van der Waals surface area contributed by atoms with Gasteiger partial charge in [0.25, 0.3) is 11.8 Å². The molecule has 4 heterocycles. The van der Waals surface area contributed by atoms with Crippen molar-refractivity contribution in [3.05, 3.63) is 42.2 Å². The van der Waals surface area contributed by atoms with Gasteiger partial charge in [-0.3, -0.25) is 14.0 Å². The normalized spacial score (nSPS) is 19.1. The van der Waals surface area contributed by atoms with Crippen molar-refractivity contribution in [1.82, 2.24) is 19.3 Å². The summed E-state index contributed by atoms with van der Waals surface area (Å²) in [7, 11) is 0. The van der Waals surface area contributed by atoms with E-state index < -0.39 is 5.91 Å². The highest BCUT2D eigenvalue weighted by atomic mass is 16.3. The van der Waals surface area contributed by atoms with E-state index in [9.17, 15) is 9.59 Å². The SMILES string of the molecule is CC1(C)CN(C(=O)c2cc(-c3ccco3)nc3c(C(N)=O)ncn23)CCC1N. The smallest absolute Gasteiger partial charge is 0.271 e. The fourth-order valence-corrected chi connectivity index (χ4v) is 3.57. The van der Waals surface area contributed by atoms with Crippen LogP contribution in [0.4, 0.5) is 0 Å². The highest BCUT2D eigenvalue weighted by Crippen LogP contribution is 2.29. The Bertz CT molecular complexity index is 1050. The largest absolute Gasteiger partial charge is 0.463 e. The number of imidazole rings is 1. The molecule has 1 aliphatic rings. The Hall–Kier alpha value is -3.20. The van der Waals surface area contributed by atoms with Gasteiger partial charge in [0.2, 0.25) is 0 Å². The van der Waals surface area contributed by atoms with Crippen LogP contribution in [0.3, 0.4) is 0 Å². The van der Waals surface area contributed by atoms with E-state index in [1.54, 1.807) is 23.1 Å². The summed E-state index contributed by atoms with van der Waals surface area (Å²) < 4.78 is 6.92. The summed E-state index contributed by atoms with van der Waals surface area (Å²) >= 11 is 0. The van der Waals surface area contributed by atoms with Crippen molar-refractivity contribution < 1.29 is 14.0 Å². The van der Waals surface area contributed by atoms with Crippen molar-refractivity contribution in [2.24, 2.45) is 16.9 Å². The van der Waals surface area contributed by atoms with Crippen LogP contribution in [0.2, 0.25) is 0 Å². The lowest BCUT2D eigenvalue weighted by molar-refractivity contribution is 0.0525. The highest BCUT2D eigenvalue weighted by Gasteiger charge is 2.36. The van der Waals surface area contributed by atoms with Gasteiger partial charge in [0.05, 0.1) is 6.26 Å². The summed E-state index contributed by atoms with van der Waals surface area (Å²) in [6.45, 7) is 5.19. The van der Waals surface area contributed by atoms with E-state index in [1.807, 2.05) is 0 Å². The molecule has 0 aliphatic carbocycles. The van der Waals surface area contributed by atoms with Crippen LogP contribution in [-0.2, 0) is 0 Å². The van der Waals surface area contributed by atoms with Crippen LogP contribution in [0.25, 0.3) is 17.1 Å². The molecule has 0 bridgehead atoms. The topological polar surface area (TPSA) is 133 Å². The molecular formula is C19H22N6O3. The zero-order valence-corrected chi connectivity index (χ0v) is 15.8. The summed E-state index contributed by atoms with van der Waals surface area (Å²) in [6.07, 6.45) is 3.62. The summed E-state index contributed by atoms with van der Waals surface area (Å²) in [5.41, 5.74) is 12.4. The Morgan fingerprint density at radius 1 is 1.36 bits per heavy atom. The number of rotatable bonds is 3. The number of amides is 2. The minimum absolute atomic E-state index is 0.00320. The molecule has 1 saturated heterocycles. The maximum absolute atomic E-state index is 13.4. The first-order valence-corrected chi connectivity index (χ1v) is 9.04. The number of nitrogens with zero attached hydrogens (tertiary/aromatic N) is 4. The lowest BCUT2D eigenvalue weighted by Crippen LogP contribution is -2.54. The second kappa shape index (κ2) is 6.45. The quantitative estimate of drug-likeness (QED) is 0.701. The molecule has 3 aromatic rings. The number of likely N-dealkylation sites (tertiary alicyclic amines) is 1. The van der Waals surface area contributed by atoms with Crippen LogP contribution in [0.1, 0.15) is 41.2 Å². The molecule has 9 heteroatoms. The van der Waals surface area contributed by atoms with Crippen LogP contribution in [-0.4, -0.2) is 50.2 Å². The lowest BCUT2D eigenvalue weighted by atomic mass is 9.79. The number of aromatic nitrogens is 3. The van der Waals surface area contributed by atoms with Gasteiger partial charge in [-0.15, -0.1) is 0 Å². The zero-order valence-electron chi connectivity index (χ0n) is 15.8. The van der Waals surface area contributed by atoms with Gasteiger partial charge in [0.1, 0.15) is 17.7 Å². The van der Waals surface area contributed by atoms with Crippen LogP contribution < -0.4 is 11.5 Å². The van der Waals surface area contributed by atoms with E-state index in [0.29, 0.717) is 36.7 Å². The molecule has 3 aromatic heterocycles. The van der Waals surface area contributed by atoms with E-state index in [0.717, 1.165) is 0 Å². The summed E-state index contributed by atoms with van der Waals surface area (Å²) in [4.78, 5) is 35.4. The lowest BCUT2D eigenvalue weighted by Gasteiger charge is -2.42. The van der Waals surface area contributed by atoms with Gasteiger partial charge in [0.15, 0.2) is 17.1 Å². The molecule has 146 valence electrons. The number of nitrogens with two attached hydrogens (primary N) is 2. The van der Waals surface area contributed by atoms with Crippen molar-refractivity contribution in [1.29, 1.82) is 0 Å². The van der Waals surface area contributed by atoms with Crippen molar-refractivity contribution in [2.45, 2.75) is 26.3 Å². The van der Waals surface area contributed by atoms with E-state index >= 15 is 0 Å². The number of furan rings is 1. The molecule has 4 rings (SSSR count). The molecule has 0 radical (unpaired) electrons. The molecule has 1 atom stereocenters. The number of carbonyl (C=O) groups is 2. The van der Waals surface area contributed by atoms with Crippen molar-refractivity contribution in [3.63, 3.8) is 0 Å². The molecule has 1 aliphatic heterocycles. The predicted octanol–water partition coefficient (Wildman–Crippen LogP) is 1.29. The number of hydrogen-bond acceptors (Lipinski definition) is 6. The Labute approximate surface area is 161 Å². The first-order chi connectivity index (χ1) is 13.3. The molecule has 0 aromatic carbocycles. The highest BCUT2D eigenvalue weighted by molar-refractivity contribution is 5.99. The summed E-state index contributed by atoms with van der Waals surface area (Å²) in [6, 6.07) is 5.13. The fraction of sp³-hybridized carbons (Fsp3) is 0.368. The van der Waals surface area contributed by atoms with E-state index in [1.165, 1.54) is 17.0 Å². The Morgan fingerprint density at radius 3 is 2.79 bits per heavy atom. The Balaban J connectivity index is 1.84. The van der Waals surface area contributed by atoms with Crippen molar-refractivity contribution >= 4 is 17.5 Å². The Kier molecular flexibility index (Phi) is 4.19. The first kappa shape index (κ1) is 18.2. The summed E-state index contributed by atoms with van der Waals surface area (Å²) in [5.74, 6) is -0.419. The molecule has 1 fully saturated rings. The molecule has 2 amide bonds. The Morgan fingerprint density at radius 2 is 2.14 bits per heavy atom. The molecule has 4 N–H and O–H groups in total. The third-order valence-electron chi connectivity index (χ3n) is 5.33. The number of carbonyl (C=O) groups excluding carboxylic acids is 2. The molecule has 0 spiro atoms. The van der Waals surface area contributed by atoms with E-state index in [2.05, 4.69) is 23.8 Å². The zero-order chi connectivity index (χ0) is 20.1. The fourth-order valence-electron chi connectivity index (χ4n) is 3.57. The first-order valence-electron chi connectivity index (χ1n) is 9.04. The van der Waals surface area contributed by atoms with Gasteiger partial charge < -0.3 is 20.8 Å². The average Bonchev–Trinajstić information content (AvgIpc) is 3.31. The number of fused-ring (bicyclic) bond motifs is 1. The predicted molar refractivity (Wildman–Crippen MR) is 101 cm³/mol. The standard InChI is InChI=1S/C19H22N6O3/c1-19(2)9-24(6-5-14(19)20)18(27)12-8-11(13-4-3-7-28-13)23-17-15(16(21)26)22-10-25(12)17/h3-4,7-8,10,14H,5-6,9,20H2,1-2H3,(H2,21,26). The van der Waals surface area contributed by atoms with Gasteiger partial charge in [0, 0.05) is 19.1 Å². The molecule has 0 saturated carbocycles. The van der Waals surface area contributed by atoms with Crippen molar-refractivity contribution in [3.8, 4) is 11.5 Å². The number of primary amides is 1. The second-order valence-electron chi connectivity index (χ2n) is 7.77. The second-order valence-corrected chi connectivity index (χ2v) is 7.77. The van der Waals surface area contributed by atoms with Crippen LogP contribution in [0.15, 0.2) is 35.2 Å². The minimum atomic E-state index is -0.713. The minimum Gasteiger partial charge on any atom is -0.463 e. The third-order valence-corrected chi connectivity index (χ3v) is 5.33.